The van der Waals surface area contributed by atoms with Gasteiger partial charge in [0.1, 0.15) is 0 Å². The summed E-state index contributed by atoms with van der Waals surface area (Å²) >= 11 is 0. The fraction of sp³-hybridized carbons (Fsp3) is 0.875. The van der Waals surface area contributed by atoms with Crippen LogP contribution in [0.1, 0.15) is 52.4 Å². The predicted octanol–water partition coefficient (Wildman–Crippen LogP) is 3.20. The van der Waals surface area contributed by atoms with Crippen molar-refractivity contribution in [2.24, 2.45) is 5.92 Å². The molecule has 1 heterocycles. The molecule has 0 aromatic rings. The van der Waals surface area contributed by atoms with Crippen LogP contribution >= 0.6 is 0 Å². The first-order valence-corrected chi connectivity index (χ1v) is 7.93. The van der Waals surface area contributed by atoms with Gasteiger partial charge >= 0.3 is 0 Å². The first-order valence-electron chi connectivity index (χ1n) is 7.93. The second kappa shape index (κ2) is 7.30. The van der Waals surface area contributed by atoms with Crippen molar-refractivity contribution < 1.29 is 0 Å². The van der Waals surface area contributed by atoms with Crippen LogP contribution in [0.3, 0.4) is 0 Å². The molecule has 0 spiro atoms. The zero-order chi connectivity index (χ0) is 12.8. The van der Waals surface area contributed by atoms with E-state index < -0.39 is 0 Å². The largest absolute Gasteiger partial charge is 0.314 e. The SMILES string of the molecule is CCNC1CCN(CCC2=CCCCC2)CC1C. The summed E-state index contributed by atoms with van der Waals surface area (Å²) < 4.78 is 0. The molecule has 1 saturated heterocycles. The summed E-state index contributed by atoms with van der Waals surface area (Å²) in [5.74, 6) is 0.805. The molecule has 0 radical (unpaired) electrons. The van der Waals surface area contributed by atoms with Gasteiger partial charge in [0.05, 0.1) is 0 Å². The van der Waals surface area contributed by atoms with Crippen LogP contribution in [0.15, 0.2) is 11.6 Å². The molecule has 1 aliphatic carbocycles. The van der Waals surface area contributed by atoms with Gasteiger partial charge in [0.25, 0.3) is 0 Å². The lowest BCUT2D eigenvalue weighted by Gasteiger charge is -2.37. The van der Waals surface area contributed by atoms with Crippen molar-refractivity contribution in [1.29, 1.82) is 0 Å². The number of nitrogens with one attached hydrogen (secondary N) is 1. The lowest BCUT2D eigenvalue weighted by atomic mass is 9.92. The Bertz CT molecular complexity index is 272. The molecule has 0 saturated carbocycles. The lowest BCUT2D eigenvalue weighted by molar-refractivity contribution is 0.149. The van der Waals surface area contributed by atoms with Gasteiger partial charge in [-0.1, -0.05) is 25.5 Å². The van der Waals surface area contributed by atoms with Gasteiger partial charge in [-0.3, -0.25) is 0 Å². The van der Waals surface area contributed by atoms with Crippen LogP contribution in [-0.4, -0.2) is 37.1 Å². The molecule has 2 atom stereocenters. The molecular weight excluding hydrogens is 220 g/mol. The molecule has 2 aliphatic rings. The Labute approximate surface area is 113 Å². The number of likely N-dealkylation sites (tertiary alicyclic amines) is 1. The highest BCUT2D eigenvalue weighted by atomic mass is 15.1. The Morgan fingerprint density at radius 1 is 1.39 bits per heavy atom. The van der Waals surface area contributed by atoms with Gasteiger partial charge in [0.15, 0.2) is 0 Å². The first kappa shape index (κ1) is 14.1. The van der Waals surface area contributed by atoms with Crippen molar-refractivity contribution in [2.45, 2.75) is 58.4 Å². The monoisotopic (exact) mass is 250 g/mol. The fourth-order valence-corrected chi connectivity index (χ4v) is 3.43. The maximum Gasteiger partial charge on any atom is 0.0117 e. The Hall–Kier alpha value is -0.340. The van der Waals surface area contributed by atoms with Gasteiger partial charge in [0.2, 0.25) is 0 Å². The van der Waals surface area contributed by atoms with E-state index in [2.05, 4.69) is 30.1 Å². The maximum absolute atomic E-state index is 3.62. The van der Waals surface area contributed by atoms with E-state index in [1.165, 1.54) is 58.2 Å². The van der Waals surface area contributed by atoms with Crippen molar-refractivity contribution in [2.75, 3.05) is 26.2 Å². The Morgan fingerprint density at radius 3 is 2.94 bits per heavy atom. The molecule has 2 rings (SSSR count). The van der Waals surface area contributed by atoms with Crippen molar-refractivity contribution in [1.82, 2.24) is 10.2 Å². The van der Waals surface area contributed by atoms with Gasteiger partial charge in [0, 0.05) is 19.1 Å². The third-order valence-electron chi connectivity index (χ3n) is 4.59. The average molecular weight is 250 g/mol. The van der Waals surface area contributed by atoms with E-state index in [0.29, 0.717) is 0 Å². The number of allylic oxidation sites excluding steroid dienone is 1. The minimum Gasteiger partial charge on any atom is -0.314 e. The summed E-state index contributed by atoms with van der Waals surface area (Å²) in [6, 6.07) is 0.750. The fourth-order valence-electron chi connectivity index (χ4n) is 3.43. The number of nitrogens with zero attached hydrogens (tertiary/aromatic N) is 1. The van der Waals surface area contributed by atoms with Crippen molar-refractivity contribution in [3.63, 3.8) is 0 Å². The minimum absolute atomic E-state index is 0.750. The van der Waals surface area contributed by atoms with Crippen LogP contribution in [-0.2, 0) is 0 Å². The zero-order valence-electron chi connectivity index (χ0n) is 12.3. The van der Waals surface area contributed by atoms with E-state index in [1.54, 1.807) is 5.57 Å². The normalized spacial score (nSPS) is 30.2. The molecule has 0 amide bonds. The number of rotatable bonds is 5. The summed E-state index contributed by atoms with van der Waals surface area (Å²) in [6.07, 6.45) is 10.7. The topological polar surface area (TPSA) is 15.3 Å². The Balaban J connectivity index is 1.70. The van der Waals surface area contributed by atoms with E-state index in [0.717, 1.165) is 18.5 Å². The molecule has 1 aliphatic heterocycles. The second-order valence-electron chi connectivity index (χ2n) is 6.09. The third kappa shape index (κ3) is 4.10. The molecule has 0 bridgehead atoms. The zero-order valence-corrected chi connectivity index (χ0v) is 12.3. The highest BCUT2D eigenvalue weighted by Gasteiger charge is 2.24. The van der Waals surface area contributed by atoms with Gasteiger partial charge < -0.3 is 10.2 Å². The number of hydrogen-bond donors (Lipinski definition) is 1. The van der Waals surface area contributed by atoms with Crippen LogP contribution in [0.5, 0.6) is 0 Å². The highest BCUT2D eigenvalue weighted by molar-refractivity contribution is 5.05. The van der Waals surface area contributed by atoms with E-state index in [-0.39, 0.29) is 0 Å². The van der Waals surface area contributed by atoms with E-state index >= 15 is 0 Å². The smallest absolute Gasteiger partial charge is 0.0117 e. The molecule has 18 heavy (non-hydrogen) atoms. The molecular formula is C16H30N2. The lowest BCUT2D eigenvalue weighted by Crippen LogP contribution is -2.48. The summed E-state index contributed by atoms with van der Waals surface area (Å²) in [5.41, 5.74) is 1.72. The van der Waals surface area contributed by atoms with Crippen molar-refractivity contribution in [3.05, 3.63) is 11.6 Å². The molecule has 1 N–H and O–H groups in total. The third-order valence-corrected chi connectivity index (χ3v) is 4.59. The van der Waals surface area contributed by atoms with Gasteiger partial charge in [-0.2, -0.15) is 0 Å². The number of hydrogen-bond acceptors (Lipinski definition) is 2. The van der Waals surface area contributed by atoms with E-state index in [1.807, 2.05) is 0 Å². The van der Waals surface area contributed by atoms with Crippen molar-refractivity contribution in [3.8, 4) is 0 Å². The minimum atomic E-state index is 0.750. The summed E-state index contributed by atoms with van der Waals surface area (Å²) in [6.45, 7) is 9.59. The average Bonchev–Trinajstić information content (AvgIpc) is 2.41. The summed E-state index contributed by atoms with van der Waals surface area (Å²) in [5, 5.41) is 3.62. The van der Waals surface area contributed by atoms with Crippen molar-refractivity contribution >= 4 is 0 Å². The van der Waals surface area contributed by atoms with Gasteiger partial charge in [-0.15, -0.1) is 0 Å². The Kier molecular flexibility index (Phi) is 5.71. The predicted molar refractivity (Wildman–Crippen MR) is 78.9 cm³/mol. The molecule has 1 fully saturated rings. The van der Waals surface area contributed by atoms with Crippen LogP contribution in [0.2, 0.25) is 0 Å². The van der Waals surface area contributed by atoms with E-state index in [9.17, 15) is 0 Å². The summed E-state index contributed by atoms with van der Waals surface area (Å²) in [7, 11) is 0. The molecule has 2 unspecified atom stereocenters. The molecule has 2 nitrogen and oxygen atoms in total. The molecule has 104 valence electrons. The van der Waals surface area contributed by atoms with Crippen LogP contribution in [0.4, 0.5) is 0 Å². The van der Waals surface area contributed by atoms with E-state index in [4.69, 9.17) is 0 Å². The highest BCUT2D eigenvalue weighted by Crippen LogP contribution is 2.22. The van der Waals surface area contributed by atoms with Crippen LogP contribution in [0, 0.1) is 5.92 Å². The second-order valence-corrected chi connectivity index (χ2v) is 6.09. The standard InChI is InChI=1S/C16H30N2/c1-3-17-16-10-12-18(13-14(16)2)11-9-15-7-5-4-6-8-15/h7,14,16-17H,3-6,8-13H2,1-2H3. The van der Waals surface area contributed by atoms with Crippen LogP contribution < -0.4 is 5.32 Å². The Morgan fingerprint density at radius 2 is 2.28 bits per heavy atom. The van der Waals surface area contributed by atoms with Gasteiger partial charge in [-0.25, -0.2) is 0 Å². The quantitative estimate of drug-likeness (QED) is 0.754. The molecule has 0 aromatic heterocycles. The first-order chi connectivity index (χ1) is 8.79. The number of piperidine rings is 1. The van der Waals surface area contributed by atoms with Crippen LogP contribution in [0.25, 0.3) is 0 Å². The molecule has 2 heteroatoms. The summed E-state index contributed by atoms with van der Waals surface area (Å²) in [4.78, 5) is 2.67. The molecule has 0 aromatic carbocycles. The van der Waals surface area contributed by atoms with Gasteiger partial charge in [-0.05, 0) is 57.5 Å². The maximum atomic E-state index is 3.62.